The van der Waals surface area contributed by atoms with Crippen LogP contribution in [-0.2, 0) is 0 Å². The van der Waals surface area contributed by atoms with E-state index in [-0.39, 0.29) is 5.91 Å². The number of carbonyl (C=O) groups is 1. The number of hydrogen-bond donors (Lipinski definition) is 1. The fourth-order valence-electron chi connectivity index (χ4n) is 3.97. The summed E-state index contributed by atoms with van der Waals surface area (Å²) in [6.45, 7) is 4.39. The highest BCUT2D eigenvalue weighted by molar-refractivity contribution is 6.36. The molecule has 0 aliphatic carbocycles. The molecule has 5 aromatic rings. The lowest BCUT2D eigenvalue weighted by Crippen LogP contribution is -2.12. The predicted octanol–water partition coefficient (Wildman–Crippen LogP) is 8.07. The molecule has 33 heavy (non-hydrogen) atoms. The van der Waals surface area contributed by atoms with E-state index in [4.69, 9.17) is 16.0 Å². The summed E-state index contributed by atoms with van der Waals surface area (Å²) in [5.41, 5.74) is 5.01. The minimum absolute atomic E-state index is 0.185. The Morgan fingerprint density at radius 3 is 2.55 bits per heavy atom. The number of nitrogens with one attached hydrogen (secondary N) is 1. The average molecular weight is 455 g/mol. The number of halogens is 1. The van der Waals surface area contributed by atoms with Gasteiger partial charge in [-0.05, 0) is 71.8 Å². The zero-order chi connectivity index (χ0) is 22.9. The maximum Gasteiger partial charge on any atom is 0.256 e. The second kappa shape index (κ2) is 8.72. The van der Waals surface area contributed by atoms with Crippen LogP contribution in [0.2, 0.25) is 5.02 Å². The first kappa shape index (κ1) is 21.2. The van der Waals surface area contributed by atoms with Gasteiger partial charge in [0.2, 0.25) is 5.89 Å². The number of benzene rings is 4. The van der Waals surface area contributed by atoms with E-state index in [2.05, 4.69) is 36.3 Å². The molecule has 4 nitrogen and oxygen atoms in total. The van der Waals surface area contributed by atoms with Crippen LogP contribution in [0.25, 0.3) is 33.3 Å². The van der Waals surface area contributed by atoms with Gasteiger partial charge in [-0.15, -0.1) is 0 Å². The number of aromatic nitrogens is 1. The number of oxazole rings is 1. The lowest BCUT2D eigenvalue weighted by atomic mass is 9.98. The molecule has 0 fully saturated rings. The molecule has 0 aliphatic rings. The summed E-state index contributed by atoms with van der Waals surface area (Å²) in [4.78, 5) is 17.6. The summed E-state index contributed by atoms with van der Waals surface area (Å²) in [5.74, 6) is 0.859. The Morgan fingerprint density at radius 2 is 1.76 bits per heavy atom. The minimum atomic E-state index is -0.185. The Balaban J connectivity index is 1.38. The Kier molecular flexibility index (Phi) is 5.61. The topological polar surface area (TPSA) is 55.1 Å². The third-order valence-corrected chi connectivity index (χ3v) is 6.43. The molecule has 0 spiro atoms. The van der Waals surface area contributed by atoms with Crippen LogP contribution in [0.5, 0.6) is 0 Å². The van der Waals surface area contributed by atoms with E-state index in [9.17, 15) is 4.79 Å². The lowest BCUT2D eigenvalue weighted by Gasteiger charge is -2.09. The van der Waals surface area contributed by atoms with Crippen molar-refractivity contribution in [2.45, 2.75) is 26.2 Å². The smallest absolute Gasteiger partial charge is 0.256 e. The zero-order valence-electron chi connectivity index (χ0n) is 18.4. The van der Waals surface area contributed by atoms with Gasteiger partial charge < -0.3 is 9.73 Å². The first-order chi connectivity index (χ1) is 16.0. The van der Waals surface area contributed by atoms with Crippen LogP contribution < -0.4 is 5.32 Å². The van der Waals surface area contributed by atoms with Gasteiger partial charge >= 0.3 is 0 Å². The number of carbonyl (C=O) groups excluding carboxylic acids is 1. The Bertz CT molecular complexity index is 1470. The van der Waals surface area contributed by atoms with E-state index >= 15 is 0 Å². The largest absolute Gasteiger partial charge is 0.436 e. The molecule has 0 radical (unpaired) electrons. The predicted molar refractivity (Wildman–Crippen MR) is 135 cm³/mol. The molecular formula is C28H23ClN2O2. The van der Waals surface area contributed by atoms with Crippen LogP contribution in [0.15, 0.2) is 83.3 Å². The molecular weight excluding hydrogens is 432 g/mol. The number of amides is 1. The van der Waals surface area contributed by atoms with Crippen molar-refractivity contribution in [1.82, 2.24) is 4.98 Å². The molecule has 5 rings (SSSR count). The SMILES string of the molecule is CCC(C)c1ccc2oc(-c3ccc(NC(=O)c4cccc5c(Cl)cccc45)cc3)nc2c1. The third kappa shape index (κ3) is 4.10. The molecule has 0 saturated carbocycles. The maximum absolute atomic E-state index is 12.9. The molecule has 0 bridgehead atoms. The quantitative estimate of drug-likeness (QED) is 0.292. The number of anilines is 1. The average Bonchev–Trinajstić information content (AvgIpc) is 3.27. The number of rotatable bonds is 5. The molecule has 5 heteroatoms. The summed E-state index contributed by atoms with van der Waals surface area (Å²) >= 11 is 6.28. The molecule has 1 N–H and O–H groups in total. The fourth-order valence-corrected chi connectivity index (χ4v) is 4.21. The summed E-state index contributed by atoms with van der Waals surface area (Å²) in [6, 6.07) is 24.8. The standard InChI is InChI=1S/C28H23ClN2O2/c1-3-17(2)19-12-15-26-25(16-19)31-28(33-26)18-10-13-20(14-11-18)30-27(32)23-8-4-7-22-21(23)6-5-9-24(22)29/h4-17H,3H2,1-2H3,(H,30,32). The molecule has 1 aromatic heterocycles. The van der Waals surface area contributed by atoms with Crippen molar-refractivity contribution in [1.29, 1.82) is 0 Å². The second-order valence-electron chi connectivity index (χ2n) is 8.23. The van der Waals surface area contributed by atoms with E-state index in [0.717, 1.165) is 33.9 Å². The van der Waals surface area contributed by atoms with E-state index in [1.165, 1.54) is 5.56 Å². The molecule has 1 unspecified atom stereocenters. The number of nitrogens with zero attached hydrogens (tertiary/aromatic N) is 1. The summed E-state index contributed by atoms with van der Waals surface area (Å²) in [5, 5.41) is 5.27. The Morgan fingerprint density at radius 1 is 1.00 bits per heavy atom. The van der Waals surface area contributed by atoms with Gasteiger partial charge in [-0.1, -0.05) is 55.8 Å². The number of fused-ring (bicyclic) bond motifs is 2. The van der Waals surface area contributed by atoms with Crippen molar-refractivity contribution in [3.05, 3.63) is 95.0 Å². The molecule has 1 heterocycles. The second-order valence-corrected chi connectivity index (χ2v) is 8.63. The summed E-state index contributed by atoms with van der Waals surface area (Å²) < 4.78 is 5.96. The highest BCUT2D eigenvalue weighted by Crippen LogP contribution is 2.29. The van der Waals surface area contributed by atoms with Crippen LogP contribution in [0.3, 0.4) is 0 Å². The van der Waals surface area contributed by atoms with Crippen LogP contribution in [0, 0.1) is 0 Å². The van der Waals surface area contributed by atoms with Crippen LogP contribution in [0.4, 0.5) is 5.69 Å². The van der Waals surface area contributed by atoms with Gasteiger partial charge in [0.15, 0.2) is 5.58 Å². The molecule has 1 atom stereocenters. The van der Waals surface area contributed by atoms with Crippen molar-refractivity contribution in [2.75, 3.05) is 5.32 Å². The monoisotopic (exact) mass is 454 g/mol. The maximum atomic E-state index is 12.9. The molecule has 0 aliphatic heterocycles. The van der Waals surface area contributed by atoms with E-state index in [1.54, 1.807) is 6.07 Å². The first-order valence-corrected chi connectivity index (χ1v) is 11.4. The van der Waals surface area contributed by atoms with Crippen LogP contribution in [0.1, 0.15) is 42.1 Å². The van der Waals surface area contributed by atoms with Crippen LogP contribution in [-0.4, -0.2) is 10.9 Å². The molecule has 4 aromatic carbocycles. The van der Waals surface area contributed by atoms with Crippen molar-refractivity contribution in [2.24, 2.45) is 0 Å². The highest BCUT2D eigenvalue weighted by atomic mass is 35.5. The fraction of sp³-hybridized carbons (Fsp3) is 0.143. The van der Waals surface area contributed by atoms with Gasteiger partial charge in [-0.3, -0.25) is 4.79 Å². The van der Waals surface area contributed by atoms with E-state index < -0.39 is 0 Å². The Labute approximate surface area is 197 Å². The van der Waals surface area contributed by atoms with Crippen molar-refractivity contribution < 1.29 is 9.21 Å². The first-order valence-electron chi connectivity index (χ1n) is 11.0. The summed E-state index contributed by atoms with van der Waals surface area (Å²) in [7, 11) is 0. The van der Waals surface area contributed by atoms with Gasteiger partial charge in [0.05, 0.1) is 0 Å². The van der Waals surface area contributed by atoms with Crippen molar-refractivity contribution in [3.8, 4) is 11.5 Å². The van der Waals surface area contributed by atoms with E-state index in [0.29, 0.717) is 28.1 Å². The van der Waals surface area contributed by atoms with Crippen molar-refractivity contribution >= 4 is 45.1 Å². The van der Waals surface area contributed by atoms with Gasteiger partial charge in [-0.25, -0.2) is 4.98 Å². The minimum Gasteiger partial charge on any atom is -0.436 e. The van der Waals surface area contributed by atoms with Gasteiger partial charge in [0.25, 0.3) is 5.91 Å². The van der Waals surface area contributed by atoms with Crippen LogP contribution >= 0.6 is 11.6 Å². The molecule has 1 amide bonds. The summed E-state index contributed by atoms with van der Waals surface area (Å²) in [6.07, 6.45) is 1.08. The Hall–Kier alpha value is -3.63. The van der Waals surface area contributed by atoms with Crippen molar-refractivity contribution in [3.63, 3.8) is 0 Å². The molecule has 164 valence electrons. The van der Waals surface area contributed by atoms with Gasteiger partial charge in [-0.2, -0.15) is 0 Å². The third-order valence-electron chi connectivity index (χ3n) is 6.10. The molecule has 0 saturated heterocycles. The number of hydrogen-bond acceptors (Lipinski definition) is 3. The van der Waals surface area contributed by atoms with Gasteiger partial charge in [0, 0.05) is 27.2 Å². The zero-order valence-corrected chi connectivity index (χ0v) is 19.2. The normalized spacial score (nSPS) is 12.2. The van der Waals surface area contributed by atoms with Gasteiger partial charge in [0.1, 0.15) is 5.52 Å². The highest BCUT2D eigenvalue weighted by Gasteiger charge is 2.13. The van der Waals surface area contributed by atoms with E-state index in [1.807, 2.05) is 60.7 Å². The lowest BCUT2D eigenvalue weighted by molar-refractivity contribution is 0.102.